The Morgan fingerprint density at radius 2 is 1.72 bits per heavy atom. The van der Waals surface area contributed by atoms with Crippen LogP contribution in [-0.4, -0.2) is 16.0 Å². The fraction of sp³-hybridized carbons (Fsp3) is 0.0526. The number of halogens is 2. The van der Waals surface area contributed by atoms with Crippen LogP contribution < -0.4 is 0 Å². The fourth-order valence-electron chi connectivity index (χ4n) is 2.24. The van der Waals surface area contributed by atoms with Gasteiger partial charge in [0.25, 0.3) is 11.1 Å². The minimum Gasteiger partial charge on any atom is -0.268 e. The second-order valence-electron chi connectivity index (χ2n) is 5.33. The molecule has 2 aromatic rings. The van der Waals surface area contributed by atoms with Crippen LogP contribution in [-0.2, 0) is 11.3 Å². The third kappa shape index (κ3) is 4.46. The summed E-state index contributed by atoms with van der Waals surface area (Å²) in [5, 5.41) is -0.322. The second kappa shape index (κ2) is 7.80. The number of thioether (sulfide) groups is 1. The molecule has 0 radical (unpaired) electrons. The molecule has 1 aliphatic rings. The Balaban J connectivity index is 1.69. The molecule has 3 nitrogen and oxygen atoms in total. The Hall–Kier alpha value is -2.18. The maximum Gasteiger partial charge on any atom is 0.293 e. The topological polar surface area (TPSA) is 37.4 Å². The minimum atomic E-state index is -0.351. The zero-order valence-corrected chi connectivity index (χ0v) is 15.4. The third-order valence-electron chi connectivity index (χ3n) is 3.53. The first-order valence-corrected chi connectivity index (χ1v) is 9.06. The van der Waals surface area contributed by atoms with Gasteiger partial charge in [0.2, 0.25) is 0 Å². The van der Waals surface area contributed by atoms with E-state index in [1.165, 1.54) is 12.1 Å². The van der Waals surface area contributed by atoms with Crippen molar-refractivity contribution in [2.75, 3.05) is 0 Å². The zero-order valence-electron chi connectivity index (χ0n) is 13.0. The van der Waals surface area contributed by atoms with Crippen LogP contribution in [0.2, 0.25) is 0 Å². The standard InChI is InChI=1S/C19H13BrFNO2S/c20-15-8-4-13(5-9-15)2-1-3-17-18(23)22(19(24)25-17)12-14-6-10-16(21)11-7-14/h1-11H,12H2/b2-1+,17-3-. The van der Waals surface area contributed by atoms with Crippen LogP contribution >= 0.6 is 27.7 Å². The Morgan fingerprint density at radius 1 is 1.04 bits per heavy atom. The van der Waals surface area contributed by atoms with E-state index in [-0.39, 0.29) is 23.5 Å². The quantitative estimate of drug-likeness (QED) is 0.626. The molecule has 0 aromatic heterocycles. The summed E-state index contributed by atoms with van der Waals surface area (Å²) >= 11 is 4.28. The van der Waals surface area contributed by atoms with Gasteiger partial charge in [0, 0.05) is 4.47 Å². The molecule has 0 saturated carbocycles. The average molecular weight is 418 g/mol. The number of hydrogen-bond acceptors (Lipinski definition) is 3. The van der Waals surface area contributed by atoms with Crippen LogP contribution in [0.3, 0.4) is 0 Å². The van der Waals surface area contributed by atoms with Crippen molar-refractivity contribution in [3.05, 3.63) is 87.0 Å². The molecule has 0 unspecified atom stereocenters. The van der Waals surface area contributed by atoms with E-state index in [9.17, 15) is 14.0 Å². The minimum absolute atomic E-state index is 0.138. The van der Waals surface area contributed by atoms with E-state index in [1.807, 2.05) is 30.3 Å². The molecule has 0 N–H and O–H groups in total. The lowest BCUT2D eigenvalue weighted by atomic mass is 10.2. The van der Waals surface area contributed by atoms with Crippen molar-refractivity contribution in [1.29, 1.82) is 0 Å². The number of imide groups is 1. The summed E-state index contributed by atoms with van der Waals surface area (Å²) in [6.45, 7) is 0.138. The van der Waals surface area contributed by atoms with Crippen LogP contribution in [0.5, 0.6) is 0 Å². The summed E-state index contributed by atoms with van der Waals surface area (Å²) in [6, 6.07) is 13.5. The van der Waals surface area contributed by atoms with Crippen molar-refractivity contribution in [1.82, 2.24) is 4.90 Å². The molecule has 2 amide bonds. The van der Waals surface area contributed by atoms with E-state index in [0.29, 0.717) is 10.5 Å². The second-order valence-corrected chi connectivity index (χ2v) is 7.24. The Labute approximate surface area is 157 Å². The summed E-state index contributed by atoms with van der Waals surface area (Å²) in [5.41, 5.74) is 1.69. The van der Waals surface area contributed by atoms with E-state index in [2.05, 4.69) is 15.9 Å². The molecular formula is C19H13BrFNO2S. The molecule has 0 aliphatic carbocycles. The molecule has 1 aliphatic heterocycles. The van der Waals surface area contributed by atoms with Crippen molar-refractivity contribution >= 4 is 44.9 Å². The van der Waals surface area contributed by atoms with Crippen LogP contribution in [0, 0.1) is 5.82 Å². The summed E-state index contributed by atoms with van der Waals surface area (Å²) in [5.74, 6) is -0.685. The lowest BCUT2D eigenvalue weighted by molar-refractivity contribution is -0.123. The monoisotopic (exact) mass is 417 g/mol. The number of allylic oxidation sites excluding steroid dienone is 2. The molecule has 3 rings (SSSR count). The molecule has 1 saturated heterocycles. The summed E-state index contributed by atoms with van der Waals surface area (Å²) < 4.78 is 13.9. The van der Waals surface area contributed by atoms with Crippen LogP contribution in [0.1, 0.15) is 11.1 Å². The largest absolute Gasteiger partial charge is 0.293 e. The highest BCUT2D eigenvalue weighted by Gasteiger charge is 2.34. The summed E-state index contributed by atoms with van der Waals surface area (Å²) in [6.07, 6.45) is 5.25. The zero-order chi connectivity index (χ0) is 17.8. The van der Waals surface area contributed by atoms with Crippen molar-refractivity contribution in [3.63, 3.8) is 0 Å². The smallest absolute Gasteiger partial charge is 0.268 e. The average Bonchev–Trinajstić information content (AvgIpc) is 2.86. The molecule has 126 valence electrons. The van der Waals surface area contributed by atoms with Crippen molar-refractivity contribution in [2.24, 2.45) is 0 Å². The first-order valence-electron chi connectivity index (χ1n) is 7.45. The molecule has 2 aromatic carbocycles. The maximum absolute atomic E-state index is 12.9. The summed E-state index contributed by atoms with van der Waals surface area (Å²) in [4.78, 5) is 26.0. The molecule has 1 heterocycles. The number of benzene rings is 2. The van der Waals surface area contributed by atoms with Crippen LogP contribution in [0.4, 0.5) is 9.18 Å². The molecule has 0 bridgehead atoms. The van der Waals surface area contributed by atoms with Gasteiger partial charge in [-0.25, -0.2) is 4.39 Å². The number of rotatable bonds is 4. The number of hydrogen-bond donors (Lipinski definition) is 0. The van der Waals surface area contributed by atoms with Crippen molar-refractivity contribution in [3.8, 4) is 0 Å². The van der Waals surface area contributed by atoms with Gasteiger partial charge in [-0.2, -0.15) is 0 Å². The molecule has 0 atom stereocenters. The van der Waals surface area contributed by atoms with Crippen molar-refractivity contribution in [2.45, 2.75) is 6.54 Å². The Kier molecular flexibility index (Phi) is 5.50. The van der Waals surface area contributed by atoms with E-state index in [0.717, 1.165) is 26.7 Å². The van der Waals surface area contributed by atoms with Gasteiger partial charge in [-0.1, -0.05) is 52.3 Å². The van der Waals surface area contributed by atoms with Gasteiger partial charge in [0.1, 0.15) is 5.82 Å². The van der Waals surface area contributed by atoms with Crippen LogP contribution in [0.25, 0.3) is 6.08 Å². The highest BCUT2D eigenvalue weighted by Crippen LogP contribution is 2.31. The van der Waals surface area contributed by atoms with Gasteiger partial charge >= 0.3 is 0 Å². The van der Waals surface area contributed by atoms with Gasteiger partial charge in [-0.15, -0.1) is 0 Å². The predicted octanol–water partition coefficient (Wildman–Crippen LogP) is 5.38. The molecule has 1 fully saturated rings. The Morgan fingerprint density at radius 3 is 2.40 bits per heavy atom. The van der Waals surface area contributed by atoms with Gasteiger partial charge in [-0.3, -0.25) is 14.5 Å². The van der Waals surface area contributed by atoms with Gasteiger partial charge in [0.05, 0.1) is 11.4 Å². The Bertz CT molecular complexity index is 860. The number of carbonyl (C=O) groups is 2. The normalized spacial score (nSPS) is 16.4. The van der Waals surface area contributed by atoms with E-state index in [4.69, 9.17) is 0 Å². The third-order valence-corrected chi connectivity index (χ3v) is 4.99. The molecule has 6 heteroatoms. The van der Waals surface area contributed by atoms with Gasteiger partial charge in [-0.05, 0) is 53.2 Å². The first-order chi connectivity index (χ1) is 12.0. The molecular weight excluding hydrogens is 405 g/mol. The lowest BCUT2D eigenvalue weighted by Crippen LogP contribution is -2.27. The number of carbonyl (C=O) groups excluding carboxylic acids is 2. The van der Waals surface area contributed by atoms with Crippen LogP contribution in [0.15, 0.2) is 70.1 Å². The van der Waals surface area contributed by atoms with E-state index < -0.39 is 0 Å². The van der Waals surface area contributed by atoms with E-state index >= 15 is 0 Å². The highest BCUT2D eigenvalue weighted by molar-refractivity contribution is 9.10. The predicted molar refractivity (Wildman–Crippen MR) is 101 cm³/mol. The fourth-order valence-corrected chi connectivity index (χ4v) is 3.30. The maximum atomic E-state index is 12.9. The van der Waals surface area contributed by atoms with Gasteiger partial charge in [0.15, 0.2) is 0 Å². The molecule has 25 heavy (non-hydrogen) atoms. The lowest BCUT2D eigenvalue weighted by Gasteiger charge is -2.12. The summed E-state index contributed by atoms with van der Waals surface area (Å²) in [7, 11) is 0. The van der Waals surface area contributed by atoms with Gasteiger partial charge < -0.3 is 0 Å². The first kappa shape index (κ1) is 17.6. The molecule has 0 spiro atoms. The highest BCUT2D eigenvalue weighted by atomic mass is 79.9. The van der Waals surface area contributed by atoms with E-state index in [1.54, 1.807) is 24.3 Å². The number of nitrogens with zero attached hydrogens (tertiary/aromatic N) is 1. The SMILES string of the molecule is O=C1S/C(=C\C=C\c2ccc(Br)cc2)C(=O)N1Cc1ccc(F)cc1. The number of amides is 2. The van der Waals surface area contributed by atoms with Crippen molar-refractivity contribution < 1.29 is 14.0 Å².